The molecule has 2 rings (SSSR count). The van der Waals surface area contributed by atoms with Crippen LogP contribution in [0.25, 0.3) is 0 Å². The Morgan fingerprint density at radius 3 is 2.47 bits per heavy atom. The van der Waals surface area contributed by atoms with Gasteiger partial charge in [-0.2, -0.15) is 0 Å². The minimum atomic E-state index is -0.646. The van der Waals surface area contributed by atoms with Gasteiger partial charge in [-0.1, -0.05) is 12.1 Å². The summed E-state index contributed by atoms with van der Waals surface area (Å²) in [6, 6.07) is 7.17. The molecule has 1 aliphatic heterocycles. The van der Waals surface area contributed by atoms with Gasteiger partial charge in [-0.3, -0.25) is 20.4 Å². The van der Waals surface area contributed by atoms with Crippen LogP contribution in [-0.4, -0.2) is 11.8 Å². The van der Waals surface area contributed by atoms with E-state index in [9.17, 15) is 9.59 Å². The summed E-state index contributed by atoms with van der Waals surface area (Å²) in [5.41, 5.74) is 11.7. The van der Waals surface area contributed by atoms with Gasteiger partial charge in [0.15, 0.2) is 0 Å². The third kappa shape index (κ3) is 1.90. The van der Waals surface area contributed by atoms with Crippen LogP contribution in [0.15, 0.2) is 24.3 Å². The van der Waals surface area contributed by atoms with Crippen molar-refractivity contribution < 1.29 is 9.59 Å². The summed E-state index contributed by atoms with van der Waals surface area (Å²) in [6.07, 6.45) is 0.378. The molecule has 0 spiro atoms. The molecule has 0 bridgehead atoms. The van der Waals surface area contributed by atoms with E-state index >= 15 is 0 Å². The lowest BCUT2D eigenvalue weighted by Crippen LogP contribution is -2.28. The fourth-order valence-electron chi connectivity index (χ4n) is 1.56. The van der Waals surface area contributed by atoms with Gasteiger partial charge in [0.25, 0.3) is 11.8 Å². The van der Waals surface area contributed by atoms with Gasteiger partial charge in [0.05, 0.1) is 0 Å². The van der Waals surface area contributed by atoms with Crippen LogP contribution in [0.3, 0.4) is 0 Å². The average Bonchev–Trinajstić information content (AvgIpc) is 2.50. The second-order valence-corrected chi connectivity index (χ2v) is 3.48. The van der Waals surface area contributed by atoms with E-state index in [-0.39, 0.29) is 11.8 Å². The number of nitrogens with two attached hydrogens (primary N) is 1. The predicted molar refractivity (Wildman–Crippen MR) is 54.3 cm³/mol. The molecule has 0 aliphatic carbocycles. The summed E-state index contributed by atoms with van der Waals surface area (Å²) >= 11 is 0. The molecule has 5 nitrogen and oxygen atoms in total. The Morgan fingerprint density at radius 1 is 1.20 bits per heavy atom. The van der Waals surface area contributed by atoms with Crippen molar-refractivity contribution >= 4 is 17.5 Å². The highest BCUT2D eigenvalue weighted by Crippen LogP contribution is 2.14. The summed E-state index contributed by atoms with van der Waals surface area (Å²) in [6.45, 7) is 0. The Balaban J connectivity index is 2.15. The normalized spacial score (nSPS) is 16.3. The highest BCUT2D eigenvalue weighted by Gasteiger charge is 2.32. The van der Waals surface area contributed by atoms with Crippen molar-refractivity contribution in [3.8, 4) is 0 Å². The van der Waals surface area contributed by atoms with Crippen LogP contribution < -0.4 is 16.6 Å². The number of hydrogen-bond acceptors (Lipinski definition) is 3. The SMILES string of the molecule is Nc1cccc(CC2C(=O)NNC2=O)c1. The second kappa shape index (κ2) is 3.61. The summed E-state index contributed by atoms with van der Waals surface area (Å²) in [5, 5.41) is 0. The zero-order chi connectivity index (χ0) is 10.8. The average molecular weight is 205 g/mol. The van der Waals surface area contributed by atoms with Gasteiger partial charge >= 0.3 is 0 Å². The maximum absolute atomic E-state index is 11.2. The molecule has 4 N–H and O–H groups in total. The lowest BCUT2D eigenvalue weighted by molar-refractivity contribution is -0.127. The molecule has 15 heavy (non-hydrogen) atoms. The maximum atomic E-state index is 11.2. The quantitative estimate of drug-likeness (QED) is 0.453. The molecule has 2 amide bonds. The zero-order valence-corrected chi connectivity index (χ0v) is 7.99. The number of amides is 2. The Labute approximate surface area is 86.6 Å². The van der Waals surface area contributed by atoms with Crippen LogP contribution in [0.4, 0.5) is 5.69 Å². The molecular formula is C10H11N3O2. The van der Waals surface area contributed by atoms with E-state index in [4.69, 9.17) is 5.73 Å². The fraction of sp³-hybridized carbons (Fsp3) is 0.200. The molecule has 1 saturated heterocycles. The van der Waals surface area contributed by atoms with Gasteiger partial charge in [0.1, 0.15) is 5.92 Å². The molecule has 0 saturated carbocycles. The number of nitrogen functional groups attached to an aromatic ring is 1. The second-order valence-electron chi connectivity index (χ2n) is 3.48. The van der Waals surface area contributed by atoms with E-state index in [1.807, 2.05) is 6.07 Å². The number of hydrazine groups is 1. The third-order valence-electron chi connectivity index (χ3n) is 2.33. The molecule has 0 aromatic heterocycles. The van der Waals surface area contributed by atoms with Crippen molar-refractivity contribution in [2.75, 3.05) is 5.73 Å². The lowest BCUT2D eigenvalue weighted by Gasteiger charge is -2.04. The Morgan fingerprint density at radius 2 is 1.87 bits per heavy atom. The van der Waals surface area contributed by atoms with Gasteiger partial charge in [-0.15, -0.1) is 0 Å². The highest BCUT2D eigenvalue weighted by molar-refractivity contribution is 6.05. The zero-order valence-electron chi connectivity index (χ0n) is 7.99. The van der Waals surface area contributed by atoms with E-state index < -0.39 is 5.92 Å². The molecule has 1 heterocycles. The van der Waals surface area contributed by atoms with Gasteiger partial charge in [-0.05, 0) is 24.1 Å². The first-order valence-corrected chi connectivity index (χ1v) is 4.61. The van der Waals surface area contributed by atoms with E-state index in [1.54, 1.807) is 18.2 Å². The first-order valence-electron chi connectivity index (χ1n) is 4.61. The number of benzene rings is 1. The van der Waals surface area contributed by atoms with E-state index in [2.05, 4.69) is 10.9 Å². The first-order chi connectivity index (χ1) is 7.16. The van der Waals surface area contributed by atoms with Crippen LogP contribution in [0, 0.1) is 5.92 Å². The Kier molecular flexibility index (Phi) is 2.29. The Hall–Kier alpha value is -2.04. The minimum Gasteiger partial charge on any atom is -0.399 e. The van der Waals surface area contributed by atoms with Crippen molar-refractivity contribution in [3.63, 3.8) is 0 Å². The highest BCUT2D eigenvalue weighted by atomic mass is 16.2. The third-order valence-corrected chi connectivity index (χ3v) is 2.33. The molecule has 1 aliphatic rings. The molecular weight excluding hydrogens is 194 g/mol. The van der Waals surface area contributed by atoms with Crippen molar-refractivity contribution in [2.24, 2.45) is 5.92 Å². The number of carbonyl (C=O) groups excluding carboxylic acids is 2. The first kappa shape index (κ1) is 9.51. The number of carbonyl (C=O) groups is 2. The molecule has 1 fully saturated rings. The molecule has 5 heteroatoms. The van der Waals surface area contributed by atoms with Crippen molar-refractivity contribution in [2.45, 2.75) is 6.42 Å². The number of nitrogens with one attached hydrogen (secondary N) is 2. The molecule has 0 atom stereocenters. The monoisotopic (exact) mass is 205 g/mol. The molecule has 1 aromatic carbocycles. The number of anilines is 1. The molecule has 0 unspecified atom stereocenters. The Bertz CT molecular complexity index is 401. The van der Waals surface area contributed by atoms with Gasteiger partial charge in [-0.25, -0.2) is 0 Å². The van der Waals surface area contributed by atoms with Gasteiger partial charge in [0.2, 0.25) is 0 Å². The molecule has 78 valence electrons. The van der Waals surface area contributed by atoms with Crippen LogP contribution in [-0.2, 0) is 16.0 Å². The smallest absolute Gasteiger partial charge is 0.251 e. The molecule has 0 radical (unpaired) electrons. The maximum Gasteiger partial charge on any atom is 0.251 e. The summed E-state index contributed by atoms with van der Waals surface area (Å²) < 4.78 is 0. The van der Waals surface area contributed by atoms with Crippen LogP contribution in [0.5, 0.6) is 0 Å². The van der Waals surface area contributed by atoms with E-state index in [1.165, 1.54) is 0 Å². The fourth-order valence-corrected chi connectivity index (χ4v) is 1.56. The topological polar surface area (TPSA) is 84.2 Å². The summed E-state index contributed by atoms with van der Waals surface area (Å²) in [4.78, 5) is 22.5. The van der Waals surface area contributed by atoms with Crippen LogP contribution >= 0.6 is 0 Å². The summed E-state index contributed by atoms with van der Waals surface area (Å²) in [5.74, 6) is -1.23. The van der Waals surface area contributed by atoms with E-state index in [0.29, 0.717) is 12.1 Å². The molecule has 1 aromatic rings. The van der Waals surface area contributed by atoms with Crippen molar-refractivity contribution in [1.82, 2.24) is 10.9 Å². The number of hydrogen-bond donors (Lipinski definition) is 3. The van der Waals surface area contributed by atoms with Crippen molar-refractivity contribution in [1.29, 1.82) is 0 Å². The standard InChI is InChI=1S/C10H11N3O2/c11-7-3-1-2-6(4-7)5-8-9(14)12-13-10(8)15/h1-4,8H,5,11H2,(H,12,14)(H,13,15). The van der Waals surface area contributed by atoms with Crippen LogP contribution in [0.1, 0.15) is 5.56 Å². The van der Waals surface area contributed by atoms with E-state index in [0.717, 1.165) is 5.56 Å². The predicted octanol–water partition coefficient (Wildman–Crippen LogP) is -0.412. The largest absolute Gasteiger partial charge is 0.399 e. The van der Waals surface area contributed by atoms with Gasteiger partial charge < -0.3 is 5.73 Å². The lowest BCUT2D eigenvalue weighted by atomic mass is 9.99. The van der Waals surface area contributed by atoms with Crippen LogP contribution in [0.2, 0.25) is 0 Å². The van der Waals surface area contributed by atoms with Gasteiger partial charge in [0, 0.05) is 5.69 Å². The minimum absolute atomic E-state index is 0.289. The summed E-state index contributed by atoms with van der Waals surface area (Å²) in [7, 11) is 0. The van der Waals surface area contributed by atoms with Crippen molar-refractivity contribution in [3.05, 3.63) is 29.8 Å². The number of rotatable bonds is 2.